The summed E-state index contributed by atoms with van der Waals surface area (Å²) in [4.78, 5) is 11.8. The summed E-state index contributed by atoms with van der Waals surface area (Å²) in [5.41, 5.74) is 1.11. The average Bonchev–Trinajstić information content (AvgIpc) is 2.52. The van der Waals surface area contributed by atoms with Crippen molar-refractivity contribution < 1.29 is 14.6 Å². The minimum absolute atomic E-state index is 0. The predicted molar refractivity (Wildman–Crippen MR) is 96.7 cm³/mol. The Hall–Kier alpha value is -0.950. The molecular weight excluding hydrogens is 336 g/mol. The summed E-state index contributed by atoms with van der Waals surface area (Å²) < 4.78 is 5.51. The van der Waals surface area contributed by atoms with Gasteiger partial charge in [-0.3, -0.25) is 4.79 Å². The van der Waals surface area contributed by atoms with Crippen molar-refractivity contribution in [3.8, 4) is 5.75 Å². The van der Waals surface area contributed by atoms with Crippen LogP contribution in [-0.4, -0.2) is 54.4 Å². The summed E-state index contributed by atoms with van der Waals surface area (Å²) in [6, 6.07) is 7.90. The van der Waals surface area contributed by atoms with Gasteiger partial charge in [0.05, 0.1) is 0 Å². The largest absolute Gasteiger partial charge is 0.491 e. The molecule has 1 amide bonds. The molecule has 23 heavy (non-hydrogen) atoms. The van der Waals surface area contributed by atoms with E-state index in [1.165, 1.54) is 0 Å². The van der Waals surface area contributed by atoms with Gasteiger partial charge in [0.25, 0.3) is 0 Å². The van der Waals surface area contributed by atoms with Crippen molar-refractivity contribution in [1.29, 1.82) is 0 Å². The molecule has 3 N–H and O–H groups in total. The fraction of sp³-hybridized carbons (Fsp3) is 0.562. The van der Waals surface area contributed by atoms with Crippen molar-refractivity contribution in [2.24, 2.45) is 0 Å². The summed E-state index contributed by atoms with van der Waals surface area (Å²) in [6.07, 6.45) is -0.253. The van der Waals surface area contributed by atoms with Gasteiger partial charge >= 0.3 is 0 Å². The maximum absolute atomic E-state index is 11.8. The number of carbonyl (C=O) groups is 1. The molecule has 2 rings (SSSR count). The Kier molecular flexibility index (Phi) is 9.40. The van der Waals surface area contributed by atoms with Gasteiger partial charge in [0.15, 0.2) is 0 Å². The summed E-state index contributed by atoms with van der Waals surface area (Å²) in [7, 11) is 0. The molecule has 0 bridgehead atoms. The first-order valence-corrected chi connectivity index (χ1v) is 8.74. The molecule has 7 heteroatoms. The molecular formula is C16H25ClN2O3S. The number of aliphatic hydroxyl groups excluding tert-OH is 1. The normalized spacial score (nSPS) is 18.6. The number of hydrogen-bond donors (Lipinski definition) is 3. The number of benzene rings is 1. The highest BCUT2D eigenvalue weighted by Crippen LogP contribution is 2.12. The summed E-state index contributed by atoms with van der Waals surface area (Å²) in [6.45, 7) is 3.32. The Morgan fingerprint density at radius 1 is 1.57 bits per heavy atom. The standard InChI is InChI=1S/C16H24N2O3S.ClH/c1-12-3-2-4-15(7-12)21-10-14(19)9-18-16(20)8-13-11-22-6-5-17-13;/h2-4,7,13-14,17,19H,5-6,8-11H2,1H3,(H,18,20);1H. The first-order chi connectivity index (χ1) is 10.6. The Balaban J connectivity index is 0.00000264. The Bertz CT molecular complexity index is 484. The highest BCUT2D eigenvalue weighted by Gasteiger charge is 2.17. The topological polar surface area (TPSA) is 70.6 Å². The molecule has 0 aromatic heterocycles. The fourth-order valence-electron chi connectivity index (χ4n) is 2.23. The number of ether oxygens (including phenoxy) is 1. The molecule has 1 aliphatic heterocycles. The zero-order valence-corrected chi connectivity index (χ0v) is 14.9. The second-order valence-corrected chi connectivity index (χ2v) is 6.67. The van der Waals surface area contributed by atoms with Gasteiger partial charge in [-0.05, 0) is 24.6 Å². The molecule has 1 aromatic rings. The summed E-state index contributed by atoms with van der Waals surface area (Å²) in [5.74, 6) is 2.77. The maximum Gasteiger partial charge on any atom is 0.221 e. The van der Waals surface area contributed by atoms with Crippen LogP contribution in [0.2, 0.25) is 0 Å². The van der Waals surface area contributed by atoms with E-state index in [0.29, 0.717) is 6.42 Å². The quantitative estimate of drug-likeness (QED) is 0.685. The van der Waals surface area contributed by atoms with Crippen molar-refractivity contribution in [3.05, 3.63) is 29.8 Å². The van der Waals surface area contributed by atoms with Gasteiger partial charge in [0.2, 0.25) is 5.91 Å². The smallest absolute Gasteiger partial charge is 0.221 e. The van der Waals surface area contributed by atoms with E-state index < -0.39 is 6.10 Å². The van der Waals surface area contributed by atoms with E-state index in [0.717, 1.165) is 29.4 Å². The molecule has 0 saturated carbocycles. The van der Waals surface area contributed by atoms with Gasteiger partial charge in [-0.1, -0.05) is 12.1 Å². The number of aryl methyl sites for hydroxylation is 1. The molecule has 2 atom stereocenters. The molecule has 130 valence electrons. The minimum Gasteiger partial charge on any atom is -0.491 e. The molecule has 0 aliphatic carbocycles. The van der Waals surface area contributed by atoms with E-state index in [4.69, 9.17) is 4.74 Å². The second kappa shape index (κ2) is 10.8. The number of carbonyl (C=O) groups excluding carboxylic acids is 1. The van der Waals surface area contributed by atoms with Crippen LogP contribution in [0.1, 0.15) is 12.0 Å². The van der Waals surface area contributed by atoms with E-state index in [2.05, 4.69) is 10.6 Å². The van der Waals surface area contributed by atoms with E-state index in [-0.39, 0.29) is 37.5 Å². The first-order valence-electron chi connectivity index (χ1n) is 7.59. The van der Waals surface area contributed by atoms with E-state index in [9.17, 15) is 9.90 Å². The molecule has 0 spiro atoms. The van der Waals surface area contributed by atoms with Gasteiger partial charge in [-0.25, -0.2) is 0 Å². The van der Waals surface area contributed by atoms with Gasteiger partial charge in [0.1, 0.15) is 18.5 Å². The van der Waals surface area contributed by atoms with Gasteiger partial charge in [0, 0.05) is 37.1 Å². The highest BCUT2D eigenvalue weighted by molar-refractivity contribution is 7.99. The van der Waals surface area contributed by atoms with Crippen LogP contribution in [0.4, 0.5) is 0 Å². The highest BCUT2D eigenvalue weighted by atomic mass is 35.5. The zero-order valence-electron chi connectivity index (χ0n) is 13.3. The monoisotopic (exact) mass is 360 g/mol. The number of hydrogen-bond acceptors (Lipinski definition) is 5. The molecule has 0 radical (unpaired) electrons. The van der Waals surface area contributed by atoms with Crippen molar-refractivity contribution >= 4 is 30.1 Å². The Morgan fingerprint density at radius 2 is 2.39 bits per heavy atom. The van der Waals surface area contributed by atoms with Crippen LogP contribution in [0.5, 0.6) is 5.75 Å². The van der Waals surface area contributed by atoms with Gasteiger partial charge in [-0.2, -0.15) is 11.8 Å². The lowest BCUT2D eigenvalue weighted by molar-refractivity contribution is -0.122. The predicted octanol–water partition coefficient (Wildman–Crippen LogP) is 1.37. The van der Waals surface area contributed by atoms with Crippen LogP contribution in [0.3, 0.4) is 0 Å². The molecule has 2 unspecified atom stereocenters. The average molecular weight is 361 g/mol. The lowest BCUT2D eigenvalue weighted by Crippen LogP contribution is -2.43. The third kappa shape index (κ3) is 7.92. The van der Waals surface area contributed by atoms with Crippen LogP contribution < -0.4 is 15.4 Å². The SMILES string of the molecule is Cc1cccc(OCC(O)CNC(=O)CC2CSCCN2)c1.Cl. The molecule has 1 aromatic carbocycles. The van der Waals surface area contributed by atoms with Gasteiger partial charge < -0.3 is 20.5 Å². The third-order valence-electron chi connectivity index (χ3n) is 3.40. The third-order valence-corrected chi connectivity index (χ3v) is 4.53. The minimum atomic E-state index is -0.710. The van der Waals surface area contributed by atoms with Crippen LogP contribution >= 0.6 is 24.2 Å². The van der Waals surface area contributed by atoms with Crippen LogP contribution in [0.15, 0.2) is 24.3 Å². The van der Waals surface area contributed by atoms with Crippen molar-refractivity contribution in [3.63, 3.8) is 0 Å². The number of aliphatic hydroxyl groups is 1. The lowest BCUT2D eigenvalue weighted by atomic mass is 10.2. The van der Waals surface area contributed by atoms with Crippen molar-refractivity contribution in [1.82, 2.24) is 10.6 Å². The van der Waals surface area contributed by atoms with Gasteiger partial charge in [-0.15, -0.1) is 12.4 Å². The number of amides is 1. The lowest BCUT2D eigenvalue weighted by Gasteiger charge is -2.22. The second-order valence-electron chi connectivity index (χ2n) is 5.52. The maximum atomic E-state index is 11.8. The number of nitrogens with one attached hydrogen (secondary N) is 2. The number of rotatable bonds is 7. The molecule has 1 fully saturated rings. The zero-order chi connectivity index (χ0) is 15.8. The van der Waals surface area contributed by atoms with Crippen molar-refractivity contribution in [2.75, 3.05) is 31.2 Å². The Morgan fingerprint density at radius 3 is 3.09 bits per heavy atom. The Labute approximate surface area is 148 Å². The van der Waals surface area contributed by atoms with Crippen molar-refractivity contribution in [2.45, 2.75) is 25.5 Å². The molecule has 1 aliphatic rings. The molecule has 1 heterocycles. The van der Waals surface area contributed by atoms with E-state index in [1.54, 1.807) is 0 Å². The fourth-order valence-corrected chi connectivity index (χ4v) is 3.18. The van der Waals surface area contributed by atoms with E-state index >= 15 is 0 Å². The van der Waals surface area contributed by atoms with Crippen LogP contribution in [0, 0.1) is 6.92 Å². The molecule has 5 nitrogen and oxygen atoms in total. The molecule has 1 saturated heterocycles. The van der Waals surface area contributed by atoms with E-state index in [1.807, 2.05) is 43.0 Å². The summed E-state index contributed by atoms with van der Waals surface area (Å²) in [5, 5.41) is 16.0. The van der Waals surface area contributed by atoms with Crippen LogP contribution in [0.25, 0.3) is 0 Å². The number of halogens is 1. The summed E-state index contributed by atoms with van der Waals surface area (Å²) >= 11 is 1.86. The first kappa shape index (κ1) is 20.1. The van der Waals surface area contributed by atoms with Crippen LogP contribution in [-0.2, 0) is 4.79 Å². The number of thioether (sulfide) groups is 1.